The molecule has 0 aliphatic carbocycles. The van der Waals surface area contributed by atoms with Crippen LogP contribution < -0.4 is 0 Å². The van der Waals surface area contributed by atoms with E-state index in [0.717, 1.165) is 5.56 Å². The third-order valence-corrected chi connectivity index (χ3v) is 2.29. The summed E-state index contributed by atoms with van der Waals surface area (Å²) in [7, 11) is 1.54. The van der Waals surface area contributed by atoms with Gasteiger partial charge in [-0.15, -0.1) is 0 Å². The summed E-state index contributed by atoms with van der Waals surface area (Å²) in [4.78, 5) is 0. The van der Waals surface area contributed by atoms with Crippen molar-refractivity contribution in [3.63, 3.8) is 0 Å². The monoisotopic (exact) mass is 230 g/mol. The summed E-state index contributed by atoms with van der Waals surface area (Å²) >= 11 is 5.95. The average Bonchev–Trinajstić information content (AvgIpc) is 2.22. The fourth-order valence-electron chi connectivity index (χ4n) is 1.24. The van der Waals surface area contributed by atoms with E-state index < -0.39 is 6.10 Å². The Labute approximate surface area is 94.6 Å². The molecule has 0 aliphatic rings. The highest BCUT2D eigenvalue weighted by atomic mass is 35.5. The molecule has 0 bridgehead atoms. The molecule has 15 heavy (non-hydrogen) atoms. The minimum atomic E-state index is -0.556. The van der Waals surface area contributed by atoms with E-state index >= 15 is 0 Å². The fourth-order valence-corrected chi connectivity index (χ4v) is 1.46. The van der Waals surface area contributed by atoms with E-state index in [1.807, 2.05) is 18.2 Å². The molecule has 1 atom stereocenters. The molecule has 0 saturated heterocycles. The lowest BCUT2D eigenvalue weighted by Gasteiger charge is -2.11. The molecule has 1 aromatic rings. The Bertz CT molecular complexity index is 291. The van der Waals surface area contributed by atoms with Crippen molar-refractivity contribution in [3.05, 3.63) is 34.9 Å². The van der Waals surface area contributed by atoms with E-state index in [0.29, 0.717) is 11.4 Å². The lowest BCUT2D eigenvalue weighted by Crippen LogP contribution is -2.19. The molecule has 0 heterocycles. The normalized spacial score (nSPS) is 12.7. The van der Waals surface area contributed by atoms with Gasteiger partial charge >= 0.3 is 0 Å². The molecule has 1 rings (SSSR count). The molecule has 3 nitrogen and oxygen atoms in total. The third kappa shape index (κ3) is 4.62. The van der Waals surface area contributed by atoms with Crippen molar-refractivity contribution in [2.45, 2.75) is 12.5 Å². The standard InChI is InChI=1S/C11H15ClO3/c1-14-8-15-7-10(13)6-9-4-2-3-5-11(9)12/h2-5,10,13H,6-8H2,1H3/t10-/m1/s1. The Morgan fingerprint density at radius 3 is 2.80 bits per heavy atom. The Balaban J connectivity index is 2.37. The van der Waals surface area contributed by atoms with Crippen LogP contribution in [0.4, 0.5) is 0 Å². The molecule has 1 aromatic carbocycles. The van der Waals surface area contributed by atoms with Crippen LogP contribution in [0.1, 0.15) is 5.56 Å². The SMILES string of the molecule is COCOC[C@H](O)Cc1ccccc1Cl. The maximum absolute atomic E-state index is 9.61. The molecule has 4 heteroatoms. The number of benzene rings is 1. The molecular formula is C11H15ClO3. The van der Waals surface area contributed by atoms with E-state index in [4.69, 9.17) is 21.1 Å². The van der Waals surface area contributed by atoms with Crippen LogP contribution in [0.2, 0.25) is 5.02 Å². The van der Waals surface area contributed by atoms with Gasteiger partial charge in [-0.05, 0) is 11.6 Å². The number of halogens is 1. The van der Waals surface area contributed by atoms with Crippen LogP contribution in [0, 0.1) is 0 Å². The summed E-state index contributed by atoms with van der Waals surface area (Å²) in [5.74, 6) is 0. The lowest BCUT2D eigenvalue weighted by molar-refractivity contribution is -0.0610. The van der Waals surface area contributed by atoms with Crippen molar-refractivity contribution < 1.29 is 14.6 Å². The first-order chi connectivity index (χ1) is 7.24. The molecular weight excluding hydrogens is 216 g/mol. The van der Waals surface area contributed by atoms with E-state index in [9.17, 15) is 5.11 Å². The minimum Gasteiger partial charge on any atom is -0.390 e. The summed E-state index contributed by atoms with van der Waals surface area (Å²) in [6.45, 7) is 0.443. The highest BCUT2D eigenvalue weighted by Crippen LogP contribution is 2.16. The zero-order valence-corrected chi connectivity index (χ0v) is 9.41. The summed E-state index contributed by atoms with van der Waals surface area (Å²) in [6.07, 6.45) is -0.0660. The highest BCUT2D eigenvalue weighted by molar-refractivity contribution is 6.31. The summed E-state index contributed by atoms with van der Waals surface area (Å²) < 4.78 is 9.75. The first-order valence-corrected chi connectivity index (χ1v) is 5.10. The van der Waals surface area contributed by atoms with Crippen molar-refractivity contribution >= 4 is 11.6 Å². The Morgan fingerprint density at radius 1 is 1.40 bits per heavy atom. The zero-order valence-electron chi connectivity index (χ0n) is 8.65. The Kier molecular flexibility index (Phi) is 5.65. The minimum absolute atomic E-state index is 0.194. The first kappa shape index (κ1) is 12.5. The summed E-state index contributed by atoms with van der Waals surface area (Å²) in [5.41, 5.74) is 0.924. The van der Waals surface area contributed by atoms with Crippen molar-refractivity contribution in [2.24, 2.45) is 0 Å². The second-order valence-corrected chi connectivity index (χ2v) is 3.63. The molecule has 84 valence electrons. The molecule has 0 amide bonds. The van der Waals surface area contributed by atoms with Crippen molar-refractivity contribution in [1.29, 1.82) is 0 Å². The quantitative estimate of drug-likeness (QED) is 0.599. The maximum atomic E-state index is 9.61. The van der Waals surface area contributed by atoms with Crippen LogP contribution in [0.5, 0.6) is 0 Å². The predicted octanol–water partition coefficient (Wildman–Crippen LogP) is 1.86. The zero-order chi connectivity index (χ0) is 11.1. The van der Waals surface area contributed by atoms with Gasteiger partial charge in [0.1, 0.15) is 6.79 Å². The smallest absolute Gasteiger partial charge is 0.146 e. The van der Waals surface area contributed by atoms with Crippen LogP contribution in [0.15, 0.2) is 24.3 Å². The van der Waals surface area contributed by atoms with Gasteiger partial charge < -0.3 is 14.6 Å². The lowest BCUT2D eigenvalue weighted by atomic mass is 10.1. The summed E-state index contributed by atoms with van der Waals surface area (Å²) in [6, 6.07) is 7.45. The number of methoxy groups -OCH3 is 1. The molecule has 0 radical (unpaired) electrons. The fraction of sp³-hybridized carbons (Fsp3) is 0.455. The second kappa shape index (κ2) is 6.80. The van der Waals surface area contributed by atoms with Gasteiger partial charge in [0.15, 0.2) is 0 Å². The van der Waals surface area contributed by atoms with E-state index in [1.54, 1.807) is 13.2 Å². The van der Waals surface area contributed by atoms with Gasteiger partial charge in [0.25, 0.3) is 0 Å². The van der Waals surface area contributed by atoms with Gasteiger partial charge in [-0.25, -0.2) is 0 Å². The predicted molar refractivity (Wildman–Crippen MR) is 59.0 cm³/mol. The Morgan fingerprint density at radius 2 is 2.13 bits per heavy atom. The number of hydrogen-bond donors (Lipinski definition) is 1. The van der Waals surface area contributed by atoms with Gasteiger partial charge in [-0.2, -0.15) is 0 Å². The van der Waals surface area contributed by atoms with Gasteiger partial charge in [0.05, 0.1) is 12.7 Å². The van der Waals surface area contributed by atoms with Crippen LogP contribution in [-0.2, 0) is 15.9 Å². The number of aliphatic hydroxyl groups is 1. The third-order valence-electron chi connectivity index (χ3n) is 1.92. The molecule has 0 aliphatic heterocycles. The van der Waals surface area contributed by atoms with Crippen molar-refractivity contribution in [3.8, 4) is 0 Å². The second-order valence-electron chi connectivity index (χ2n) is 3.23. The summed E-state index contributed by atoms with van der Waals surface area (Å²) in [5, 5.41) is 10.3. The largest absolute Gasteiger partial charge is 0.390 e. The molecule has 0 saturated carbocycles. The number of hydrogen-bond acceptors (Lipinski definition) is 3. The molecule has 0 fully saturated rings. The van der Waals surface area contributed by atoms with Crippen LogP contribution in [-0.4, -0.2) is 31.7 Å². The Hall–Kier alpha value is -0.610. The van der Waals surface area contributed by atoms with Gasteiger partial charge in [0.2, 0.25) is 0 Å². The molecule has 1 N–H and O–H groups in total. The molecule has 0 aromatic heterocycles. The molecule has 0 unspecified atom stereocenters. The van der Waals surface area contributed by atoms with E-state index in [-0.39, 0.29) is 13.4 Å². The van der Waals surface area contributed by atoms with Crippen molar-refractivity contribution in [1.82, 2.24) is 0 Å². The highest BCUT2D eigenvalue weighted by Gasteiger charge is 2.07. The van der Waals surface area contributed by atoms with Crippen molar-refractivity contribution in [2.75, 3.05) is 20.5 Å². The van der Waals surface area contributed by atoms with E-state index in [1.165, 1.54) is 0 Å². The van der Waals surface area contributed by atoms with E-state index in [2.05, 4.69) is 0 Å². The first-order valence-electron chi connectivity index (χ1n) is 4.72. The number of rotatable bonds is 6. The van der Waals surface area contributed by atoms with Gasteiger partial charge in [-0.1, -0.05) is 29.8 Å². The maximum Gasteiger partial charge on any atom is 0.146 e. The molecule has 0 spiro atoms. The van der Waals surface area contributed by atoms with Crippen LogP contribution in [0.3, 0.4) is 0 Å². The van der Waals surface area contributed by atoms with Crippen LogP contribution >= 0.6 is 11.6 Å². The number of aliphatic hydroxyl groups excluding tert-OH is 1. The van der Waals surface area contributed by atoms with Crippen LogP contribution in [0.25, 0.3) is 0 Å². The number of ether oxygens (including phenoxy) is 2. The topological polar surface area (TPSA) is 38.7 Å². The van der Waals surface area contributed by atoms with Gasteiger partial charge in [0, 0.05) is 18.6 Å². The van der Waals surface area contributed by atoms with Gasteiger partial charge in [-0.3, -0.25) is 0 Å². The average molecular weight is 231 g/mol.